The fraction of sp³-hybridized carbons (Fsp3) is 0.556. The zero-order chi connectivity index (χ0) is 14.1. The molecule has 0 spiro atoms. The van der Waals surface area contributed by atoms with Crippen LogP contribution in [0, 0.1) is 0 Å². The molecule has 0 bridgehead atoms. The van der Waals surface area contributed by atoms with Crippen LogP contribution in [0.4, 0.5) is 0 Å². The SMILES string of the molecule is CCOC(=O)C=C(C)C1C(N)C(=O)N1S(=O)(=O)O. The maximum atomic E-state index is 11.3. The molecular weight excluding hydrogens is 264 g/mol. The van der Waals surface area contributed by atoms with Crippen LogP contribution in [0.5, 0.6) is 0 Å². The van der Waals surface area contributed by atoms with Gasteiger partial charge in [-0.2, -0.15) is 8.42 Å². The number of carbonyl (C=O) groups is 2. The van der Waals surface area contributed by atoms with Gasteiger partial charge in [0, 0.05) is 6.08 Å². The highest BCUT2D eigenvalue weighted by molar-refractivity contribution is 7.84. The number of β-lactam (4-membered cyclic amide) rings is 1. The minimum absolute atomic E-state index is 0.167. The predicted octanol–water partition coefficient (Wildman–Crippen LogP) is -1.16. The fourth-order valence-electron chi connectivity index (χ4n) is 1.66. The van der Waals surface area contributed by atoms with Gasteiger partial charge in [0.25, 0.3) is 5.91 Å². The Kier molecular flexibility index (Phi) is 4.09. The molecule has 1 aliphatic rings. The lowest BCUT2D eigenvalue weighted by atomic mass is 9.93. The predicted molar refractivity (Wildman–Crippen MR) is 60.5 cm³/mol. The minimum atomic E-state index is -4.68. The highest BCUT2D eigenvalue weighted by Gasteiger charge is 2.52. The molecule has 2 unspecified atom stereocenters. The van der Waals surface area contributed by atoms with E-state index in [4.69, 9.17) is 10.3 Å². The van der Waals surface area contributed by atoms with E-state index in [-0.39, 0.29) is 16.5 Å². The molecule has 0 aromatic rings. The van der Waals surface area contributed by atoms with Gasteiger partial charge in [0.1, 0.15) is 6.04 Å². The van der Waals surface area contributed by atoms with Crippen LogP contribution in [0.15, 0.2) is 11.6 Å². The van der Waals surface area contributed by atoms with Crippen molar-refractivity contribution in [2.45, 2.75) is 25.9 Å². The maximum absolute atomic E-state index is 11.3. The van der Waals surface area contributed by atoms with Crippen LogP contribution in [0.25, 0.3) is 0 Å². The summed E-state index contributed by atoms with van der Waals surface area (Å²) in [5.74, 6) is -1.59. The van der Waals surface area contributed by atoms with Gasteiger partial charge in [-0.1, -0.05) is 0 Å². The quantitative estimate of drug-likeness (QED) is 0.287. The second-order valence-electron chi connectivity index (χ2n) is 3.72. The van der Waals surface area contributed by atoms with Gasteiger partial charge in [-0.05, 0) is 19.4 Å². The second kappa shape index (κ2) is 5.04. The molecule has 18 heavy (non-hydrogen) atoms. The van der Waals surface area contributed by atoms with Crippen molar-refractivity contribution in [3.63, 3.8) is 0 Å². The van der Waals surface area contributed by atoms with Gasteiger partial charge >= 0.3 is 16.3 Å². The molecule has 0 saturated carbocycles. The smallest absolute Gasteiger partial charge is 0.362 e. The molecule has 1 heterocycles. The van der Waals surface area contributed by atoms with Crippen molar-refractivity contribution in [1.82, 2.24) is 4.31 Å². The molecule has 1 amide bonds. The third kappa shape index (κ3) is 2.68. The average molecular weight is 278 g/mol. The lowest BCUT2D eigenvalue weighted by Gasteiger charge is -2.42. The lowest BCUT2D eigenvalue weighted by molar-refractivity contribution is -0.140. The monoisotopic (exact) mass is 278 g/mol. The van der Waals surface area contributed by atoms with E-state index < -0.39 is 34.3 Å². The number of nitrogens with two attached hydrogens (primary N) is 1. The summed E-state index contributed by atoms with van der Waals surface area (Å²) in [6.07, 6.45) is 1.04. The number of esters is 1. The van der Waals surface area contributed by atoms with Crippen LogP contribution in [0.2, 0.25) is 0 Å². The van der Waals surface area contributed by atoms with Gasteiger partial charge in [-0.25, -0.2) is 9.10 Å². The van der Waals surface area contributed by atoms with Crippen LogP contribution < -0.4 is 5.73 Å². The van der Waals surface area contributed by atoms with Gasteiger partial charge in [0.15, 0.2) is 0 Å². The Morgan fingerprint density at radius 1 is 1.61 bits per heavy atom. The molecule has 1 rings (SSSR count). The van der Waals surface area contributed by atoms with E-state index >= 15 is 0 Å². The third-order valence-electron chi connectivity index (χ3n) is 2.44. The first-order valence-electron chi connectivity index (χ1n) is 5.11. The van der Waals surface area contributed by atoms with Crippen molar-refractivity contribution < 1.29 is 27.3 Å². The number of hydrogen-bond acceptors (Lipinski definition) is 6. The molecule has 0 aromatic carbocycles. The Labute approximate surface area is 104 Å². The highest BCUT2D eigenvalue weighted by atomic mass is 32.2. The average Bonchev–Trinajstić information content (AvgIpc) is 2.22. The number of ether oxygens (including phenoxy) is 1. The van der Waals surface area contributed by atoms with Crippen molar-refractivity contribution in [3.8, 4) is 0 Å². The third-order valence-corrected chi connectivity index (χ3v) is 3.35. The van der Waals surface area contributed by atoms with Gasteiger partial charge in [-0.15, -0.1) is 0 Å². The maximum Gasteiger partial charge on any atom is 0.362 e. The summed E-state index contributed by atoms with van der Waals surface area (Å²) < 4.78 is 35.7. The molecule has 3 N–H and O–H groups in total. The van der Waals surface area contributed by atoms with Gasteiger partial charge in [0.05, 0.1) is 12.6 Å². The summed E-state index contributed by atoms with van der Waals surface area (Å²) in [5.41, 5.74) is 5.66. The van der Waals surface area contributed by atoms with Crippen LogP contribution in [0.3, 0.4) is 0 Å². The highest BCUT2D eigenvalue weighted by Crippen LogP contribution is 2.27. The zero-order valence-corrected chi connectivity index (χ0v) is 10.7. The van der Waals surface area contributed by atoms with Crippen LogP contribution >= 0.6 is 0 Å². The summed E-state index contributed by atoms with van der Waals surface area (Å²) in [6.45, 7) is 3.20. The summed E-state index contributed by atoms with van der Waals surface area (Å²) in [4.78, 5) is 22.4. The van der Waals surface area contributed by atoms with Gasteiger partial charge in [-0.3, -0.25) is 9.35 Å². The van der Waals surface area contributed by atoms with Crippen LogP contribution in [0.1, 0.15) is 13.8 Å². The number of rotatable bonds is 4. The van der Waals surface area contributed by atoms with Gasteiger partial charge in [0.2, 0.25) is 0 Å². The van der Waals surface area contributed by atoms with Crippen molar-refractivity contribution in [2.24, 2.45) is 5.73 Å². The first-order valence-corrected chi connectivity index (χ1v) is 6.51. The Morgan fingerprint density at radius 3 is 2.61 bits per heavy atom. The largest absolute Gasteiger partial charge is 0.463 e. The van der Waals surface area contributed by atoms with Crippen molar-refractivity contribution in [2.75, 3.05) is 6.61 Å². The molecule has 1 saturated heterocycles. The fourth-order valence-corrected chi connectivity index (χ4v) is 2.60. The number of nitrogens with zero attached hydrogens (tertiary/aromatic N) is 1. The van der Waals surface area contributed by atoms with E-state index in [0.717, 1.165) is 6.08 Å². The topological polar surface area (TPSA) is 127 Å². The number of amides is 1. The normalized spacial score (nSPS) is 24.8. The lowest BCUT2D eigenvalue weighted by Crippen LogP contribution is -2.70. The first-order chi connectivity index (χ1) is 8.20. The molecule has 0 radical (unpaired) electrons. The molecule has 102 valence electrons. The number of carbonyl (C=O) groups excluding carboxylic acids is 2. The Morgan fingerprint density at radius 2 is 2.17 bits per heavy atom. The molecule has 1 aliphatic heterocycles. The van der Waals surface area contributed by atoms with Crippen molar-refractivity contribution in [3.05, 3.63) is 11.6 Å². The van der Waals surface area contributed by atoms with E-state index in [1.165, 1.54) is 6.92 Å². The van der Waals surface area contributed by atoms with Crippen LogP contribution in [-0.4, -0.2) is 47.8 Å². The zero-order valence-electron chi connectivity index (χ0n) is 9.86. The molecule has 2 atom stereocenters. The summed E-state index contributed by atoms with van der Waals surface area (Å²) in [7, 11) is -4.68. The van der Waals surface area contributed by atoms with Crippen molar-refractivity contribution >= 4 is 22.2 Å². The number of hydrogen-bond donors (Lipinski definition) is 2. The minimum Gasteiger partial charge on any atom is -0.463 e. The van der Waals surface area contributed by atoms with Gasteiger partial charge < -0.3 is 10.5 Å². The molecule has 1 fully saturated rings. The first kappa shape index (κ1) is 14.6. The van der Waals surface area contributed by atoms with Crippen LogP contribution in [-0.2, 0) is 24.6 Å². The van der Waals surface area contributed by atoms with E-state index in [2.05, 4.69) is 4.74 Å². The second-order valence-corrected chi connectivity index (χ2v) is 5.01. The van der Waals surface area contributed by atoms with E-state index in [1.54, 1.807) is 6.92 Å². The molecule has 0 aliphatic carbocycles. The summed E-state index contributed by atoms with van der Waals surface area (Å²) in [5, 5.41) is 0. The van der Waals surface area contributed by atoms with E-state index in [0.29, 0.717) is 0 Å². The standard InChI is InChI=1S/C9H14N2O6S/c1-3-17-6(12)4-5(2)8-7(10)9(13)11(8)18(14,15)16/h4,7-8H,3,10H2,1-2H3,(H,14,15,16). The molecule has 0 aromatic heterocycles. The molecular formula is C9H14N2O6S. The Hall–Kier alpha value is -1.45. The Bertz CT molecular complexity index is 497. The van der Waals surface area contributed by atoms with E-state index in [1.807, 2.05) is 0 Å². The Balaban J connectivity index is 2.95. The van der Waals surface area contributed by atoms with E-state index in [9.17, 15) is 18.0 Å². The van der Waals surface area contributed by atoms with Crippen molar-refractivity contribution in [1.29, 1.82) is 0 Å². The summed E-state index contributed by atoms with van der Waals surface area (Å²) >= 11 is 0. The summed E-state index contributed by atoms with van der Waals surface area (Å²) in [6, 6.07) is -2.16. The molecule has 8 nitrogen and oxygen atoms in total. The molecule has 9 heteroatoms.